The van der Waals surface area contributed by atoms with Crippen LogP contribution in [0.25, 0.3) is 22.0 Å². The molecule has 1 aliphatic rings. The number of hydrogen-bond donors (Lipinski definition) is 2. The topological polar surface area (TPSA) is 74.3 Å². The van der Waals surface area contributed by atoms with Crippen LogP contribution in [-0.2, 0) is 11.3 Å². The number of fused-ring (bicyclic) bond motifs is 1. The maximum atomic E-state index is 13.2. The van der Waals surface area contributed by atoms with Gasteiger partial charge in [-0.3, -0.25) is 19.5 Å². The predicted molar refractivity (Wildman–Crippen MR) is 162 cm³/mol. The lowest BCUT2D eigenvalue weighted by atomic mass is 9.91. The van der Waals surface area contributed by atoms with Crippen LogP contribution in [0, 0.1) is 11.7 Å². The molecule has 41 heavy (non-hydrogen) atoms. The zero-order valence-corrected chi connectivity index (χ0v) is 23.5. The summed E-state index contributed by atoms with van der Waals surface area (Å²) in [5.74, 6) is 0.401. The van der Waals surface area contributed by atoms with Crippen molar-refractivity contribution in [2.24, 2.45) is 5.92 Å². The minimum absolute atomic E-state index is 0.164. The highest BCUT2D eigenvalue weighted by Crippen LogP contribution is 2.25. The van der Waals surface area contributed by atoms with Crippen LogP contribution in [0.4, 0.5) is 10.1 Å². The van der Waals surface area contributed by atoms with Crippen LogP contribution in [0.2, 0.25) is 0 Å². The molecule has 3 aromatic carbocycles. The first-order valence-electron chi connectivity index (χ1n) is 14.5. The average molecular weight is 553 g/mol. The summed E-state index contributed by atoms with van der Waals surface area (Å²) in [5, 5.41) is 6.89. The van der Waals surface area contributed by atoms with Crippen LogP contribution >= 0.6 is 0 Å². The Morgan fingerprint density at radius 1 is 0.951 bits per heavy atom. The van der Waals surface area contributed by atoms with E-state index in [4.69, 9.17) is 0 Å². The van der Waals surface area contributed by atoms with Crippen LogP contribution in [0.15, 0.2) is 79.0 Å². The van der Waals surface area contributed by atoms with Crippen LogP contribution in [-0.4, -0.2) is 41.3 Å². The van der Waals surface area contributed by atoms with Gasteiger partial charge in [-0.05, 0) is 111 Å². The summed E-state index contributed by atoms with van der Waals surface area (Å²) in [6, 6.07) is 21.6. The SMILES string of the molecule is CCNC(=O)CCCC1CCN(Cc2cnc3cc(NC(=O)c4ccc(-c5ccc(F)cc5)cc4)ccc3c2)CC1. The van der Waals surface area contributed by atoms with E-state index in [9.17, 15) is 14.0 Å². The third-order valence-corrected chi connectivity index (χ3v) is 7.83. The Balaban J connectivity index is 1.12. The molecule has 2 amide bonds. The number of likely N-dealkylation sites (tertiary alicyclic amines) is 1. The van der Waals surface area contributed by atoms with Gasteiger partial charge in [-0.15, -0.1) is 0 Å². The largest absolute Gasteiger partial charge is 0.356 e. The van der Waals surface area contributed by atoms with E-state index in [0.717, 1.165) is 54.5 Å². The highest BCUT2D eigenvalue weighted by Gasteiger charge is 2.19. The Morgan fingerprint density at radius 3 is 2.37 bits per heavy atom. The number of anilines is 1. The van der Waals surface area contributed by atoms with Crippen molar-refractivity contribution in [1.29, 1.82) is 0 Å². The lowest BCUT2D eigenvalue weighted by Gasteiger charge is -2.32. The molecule has 5 rings (SSSR count). The van der Waals surface area contributed by atoms with Gasteiger partial charge < -0.3 is 10.6 Å². The van der Waals surface area contributed by atoms with Gasteiger partial charge in [0.2, 0.25) is 5.91 Å². The molecule has 7 heteroatoms. The minimum atomic E-state index is -0.274. The van der Waals surface area contributed by atoms with E-state index >= 15 is 0 Å². The number of amides is 2. The summed E-state index contributed by atoms with van der Waals surface area (Å²) in [6.07, 6.45) is 7.01. The Morgan fingerprint density at radius 2 is 1.66 bits per heavy atom. The molecule has 4 aromatic rings. The van der Waals surface area contributed by atoms with Gasteiger partial charge in [0.1, 0.15) is 5.82 Å². The van der Waals surface area contributed by atoms with Crippen molar-refractivity contribution in [3.8, 4) is 11.1 Å². The smallest absolute Gasteiger partial charge is 0.255 e. The highest BCUT2D eigenvalue weighted by molar-refractivity contribution is 6.05. The van der Waals surface area contributed by atoms with Gasteiger partial charge in [0.15, 0.2) is 0 Å². The standard InChI is InChI=1S/C34H37FN4O2/c1-2-36-33(40)5-3-4-24-16-18-39(19-17-24)23-25-20-29-12-15-31(21-32(29)37-22-25)38-34(41)28-8-6-26(7-9-28)27-10-13-30(35)14-11-27/h6-15,20-22,24H,2-5,16-19,23H2,1H3,(H,36,40)(H,38,41). The molecule has 0 atom stereocenters. The van der Waals surface area contributed by atoms with Crippen molar-refractivity contribution in [3.63, 3.8) is 0 Å². The van der Waals surface area contributed by atoms with Crippen LogP contribution in [0.1, 0.15) is 54.9 Å². The molecule has 1 aliphatic heterocycles. The van der Waals surface area contributed by atoms with Gasteiger partial charge in [-0.1, -0.05) is 30.3 Å². The predicted octanol–water partition coefficient (Wildman–Crippen LogP) is 6.81. The van der Waals surface area contributed by atoms with E-state index < -0.39 is 0 Å². The fraction of sp³-hybridized carbons (Fsp3) is 0.324. The number of nitrogens with zero attached hydrogens (tertiary/aromatic N) is 2. The summed E-state index contributed by atoms with van der Waals surface area (Å²) in [7, 11) is 0. The Labute approximate surface area is 241 Å². The first-order valence-corrected chi connectivity index (χ1v) is 14.5. The van der Waals surface area contributed by atoms with Gasteiger partial charge in [0, 0.05) is 42.3 Å². The van der Waals surface area contributed by atoms with Crippen molar-refractivity contribution in [2.75, 3.05) is 25.0 Å². The summed E-state index contributed by atoms with van der Waals surface area (Å²) < 4.78 is 13.2. The zero-order chi connectivity index (χ0) is 28.6. The number of aromatic nitrogens is 1. The van der Waals surface area contributed by atoms with E-state index in [-0.39, 0.29) is 17.6 Å². The Hall–Kier alpha value is -4.10. The number of pyridine rings is 1. The summed E-state index contributed by atoms with van der Waals surface area (Å²) in [4.78, 5) is 31.7. The molecule has 1 fully saturated rings. The van der Waals surface area contributed by atoms with E-state index in [1.54, 1.807) is 24.3 Å². The van der Waals surface area contributed by atoms with Crippen LogP contribution < -0.4 is 10.6 Å². The second-order valence-corrected chi connectivity index (χ2v) is 10.9. The van der Waals surface area contributed by atoms with Gasteiger partial charge in [0.25, 0.3) is 5.91 Å². The van der Waals surface area contributed by atoms with Gasteiger partial charge in [-0.25, -0.2) is 4.39 Å². The number of halogens is 1. The molecule has 0 bridgehead atoms. The molecule has 0 spiro atoms. The molecule has 1 saturated heterocycles. The number of nitrogens with one attached hydrogen (secondary N) is 2. The van der Waals surface area contributed by atoms with Crippen molar-refractivity contribution >= 4 is 28.4 Å². The second kappa shape index (κ2) is 13.5. The lowest BCUT2D eigenvalue weighted by molar-refractivity contribution is -0.121. The quantitative estimate of drug-likeness (QED) is 0.227. The highest BCUT2D eigenvalue weighted by atomic mass is 19.1. The number of carbonyl (C=O) groups is 2. The first-order chi connectivity index (χ1) is 20.0. The average Bonchev–Trinajstić information content (AvgIpc) is 2.99. The second-order valence-electron chi connectivity index (χ2n) is 10.9. The number of rotatable bonds is 10. The molecule has 0 saturated carbocycles. The zero-order valence-electron chi connectivity index (χ0n) is 23.5. The Kier molecular flexibility index (Phi) is 9.36. The number of carbonyl (C=O) groups excluding carboxylic acids is 2. The molecule has 1 aromatic heterocycles. The first kappa shape index (κ1) is 28.4. The number of piperidine rings is 1. The number of benzene rings is 3. The van der Waals surface area contributed by atoms with Crippen LogP contribution in [0.3, 0.4) is 0 Å². The normalized spacial score (nSPS) is 14.2. The molecule has 212 valence electrons. The minimum Gasteiger partial charge on any atom is -0.356 e. The van der Waals surface area contributed by atoms with Crippen molar-refractivity contribution < 1.29 is 14.0 Å². The van der Waals surface area contributed by atoms with Gasteiger partial charge in [0.05, 0.1) is 5.52 Å². The fourth-order valence-corrected chi connectivity index (χ4v) is 5.52. The maximum absolute atomic E-state index is 13.2. The lowest BCUT2D eigenvalue weighted by Crippen LogP contribution is -2.33. The van der Waals surface area contributed by atoms with Crippen molar-refractivity contribution in [2.45, 2.75) is 45.6 Å². The van der Waals surface area contributed by atoms with Crippen molar-refractivity contribution in [1.82, 2.24) is 15.2 Å². The van der Waals surface area contributed by atoms with Crippen molar-refractivity contribution in [3.05, 3.63) is 95.9 Å². The van der Waals surface area contributed by atoms with E-state index in [1.165, 1.54) is 30.5 Å². The summed E-state index contributed by atoms with van der Waals surface area (Å²) in [5.41, 5.74) is 5.08. The molecule has 2 heterocycles. The van der Waals surface area contributed by atoms with E-state index in [0.29, 0.717) is 30.1 Å². The molecule has 0 radical (unpaired) electrons. The fourth-order valence-electron chi connectivity index (χ4n) is 5.52. The molecular weight excluding hydrogens is 515 g/mol. The molecular formula is C34H37FN4O2. The molecule has 0 unspecified atom stereocenters. The van der Waals surface area contributed by atoms with Gasteiger partial charge >= 0.3 is 0 Å². The molecule has 2 N–H and O–H groups in total. The molecule has 0 aliphatic carbocycles. The van der Waals surface area contributed by atoms with Gasteiger partial charge in [-0.2, -0.15) is 0 Å². The maximum Gasteiger partial charge on any atom is 0.255 e. The summed E-state index contributed by atoms with van der Waals surface area (Å²) >= 11 is 0. The third-order valence-electron chi connectivity index (χ3n) is 7.83. The monoisotopic (exact) mass is 552 g/mol. The number of hydrogen-bond acceptors (Lipinski definition) is 4. The third kappa shape index (κ3) is 7.76. The van der Waals surface area contributed by atoms with E-state index in [1.807, 2.05) is 43.5 Å². The Bertz CT molecular complexity index is 1480. The van der Waals surface area contributed by atoms with Crippen LogP contribution in [0.5, 0.6) is 0 Å². The molecule has 6 nitrogen and oxygen atoms in total. The summed E-state index contributed by atoms with van der Waals surface area (Å²) in [6.45, 7) is 5.67. The van der Waals surface area contributed by atoms with E-state index in [2.05, 4.69) is 26.6 Å².